The number of nitrogens with one attached hydrogen (secondary N) is 1. The number of carbonyl (C=O) groups excluding carboxylic acids is 1. The van der Waals surface area contributed by atoms with Gasteiger partial charge in [-0.1, -0.05) is 30.3 Å². The molecule has 0 aromatic heterocycles. The van der Waals surface area contributed by atoms with Crippen molar-refractivity contribution in [1.29, 1.82) is 0 Å². The van der Waals surface area contributed by atoms with Crippen LogP contribution in [0.5, 0.6) is 0 Å². The lowest BCUT2D eigenvalue weighted by Gasteiger charge is -2.19. The number of aliphatic carboxylic acids is 1. The SMILES string of the molecule is CC(C)(C)OC(=O)NCCN=C(Cc1ccccc1)C(=CN)C(=O)O. The number of nitrogens with two attached hydrogens (primary N) is 1. The number of nitrogens with zero attached hydrogens (tertiary/aromatic N) is 1. The summed E-state index contributed by atoms with van der Waals surface area (Å²) in [7, 11) is 0. The molecule has 0 fully saturated rings. The third kappa shape index (κ3) is 8.01. The van der Waals surface area contributed by atoms with E-state index in [0.29, 0.717) is 12.1 Å². The van der Waals surface area contributed by atoms with Crippen LogP contribution in [0.2, 0.25) is 0 Å². The van der Waals surface area contributed by atoms with Gasteiger partial charge < -0.3 is 20.9 Å². The fourth-order valence-electron chi connectivity index (χ4n) is 1.98. The molecule has 0 saturated heterocycles. The van der Waals surface area contributed by atoms with Gasteiger partial charge in [0.15, 0.2) is 0 Å². The average Bonchev–Trinajstić information content (AvgIpc) is 2.51. The van der Waals surface area contributed by atoms with E-state index in [-0.39, 0.29) is 18.7 Å². The highest BCUT2D eigenvalue weighted by Crippen LogP contribution is 2.08. The summed E-state index contributed by atoms with van der Waals surface area (Å²) in [6.07, 6.45) is 0.828. The number of carboxylic acids is 1. The predicted octanol–water partition coefficient (Wildman–Crippen LogP) is 2.12. The van der Waals surface area contributed by atoms with Gasteiger partial charge >= 0.3 is 12.1 Å². The van der Waals surface area contributed by atoms with Gasteiger partial charge in [-0.3, -0.25) is 4.99 Å². The third-order valence-corrected chi connectivity index (χ3v) is 3.01. The minimum Gasteiger partial charge on any atom is -0.478 e. The highest BCUT2D eigenvalue weighted by atomic mass is 16.6. The van der Waals surface area contributed by atoms with Gasteiger partial charge in [-0.2, -0.15) is 0 Å². The Morgan fingerprint density at radius 3 is 2.44 bits per heavy atom. The van der Waals surface area contributed by atoms with E-state index in [1.807, 2.05) is 30.3 Å². The van der Waals surface area contributed by atoms with E-state index in [2.05, 4.69) is 10.3 Å². The van der Waals surface area contributed by atoms with Crippen LogP contribution in [0, 0.1) is 0 Å². The van der Waals surface area contributed by atoms with Gasteiger partial charge in [0.1, 0.15) is 5.60 Å². The molecule has 0 atom stereocenters. The first-order valence-electron chi connectivity index (χ1n) is 7.92. The van der Waals surface area contributed by atoms with Crippen LogP contribution in [0.15, 0.2) is 47.1 Å². The minimum atomic E-state index is -1.14. The minimum absolute atomic E-state index is 0.0545. The molecular formula is C18H25N3O4. The van der Waals surface area contributed by atoms with Gasteiger partial charge in [-0.05, 0) is 26.3 Å². The lowest BCUT2D eigenvalue weighted by molar-refractivity contribution is -0.132. The molecule has 1 amide bonds. The lowest BCUT2D eigenvalue weighted by Crippen LogP contribution is -2.34. The van der Waals surface area contributed by atoms with Gasteiger partial charge in [-0.15, -0.1) is 0 Å². The molecule has 0 radical (unpaired) electrons. The fraction of sp³-hybridized carbons (Fsp3) is 0.389. The van der Waals surface area contributed by atoms with Crippen LogP contribution in [0.4, 0.5) is 4.79 Å². The van der Waals surface area contributed by atoms with Crippen molar-refractivity contribution in [3.05, 3.63) is 47.7 Å². The van der Waals surface area contributed by atoms with E-state index in [0.717, 1.165) is 11.8 Å². The Hall–Kier alpha value is -2.83. The summed E-state index contributed by atoms with van der Waals surface area (Å²) in [6.45, 7) is 5.76. The topological polar surface area (TPSA) is 114 Å². The van der Waals surface area contributed by atoms with E-state index < -0.39 is 17.7 Å². The molecule has 0 bridgehead atoms. The van der Waals surface area contributed by atoms with Crippen LogP contribution in [-0.4, -0.2) is 41.6 Å². The molecule has 7 nitrogen and oxygen atoms in total. The van der Waals surface area contributed by atoms with Crippen LogP contribution >= 0.6 is 0 Å². The van der Waals surface area contributed by atoms with Crippen molar-refractivity contribution in [2.75, 3.05) is 13.1 Å². The molecular weight excluding hydrogens is 322 g/mol. The third-order valence-electron chi connectivity index (χ3n) is 3.01. The highest BCUT2D eigenvalue weighted by molar-refractivity contribution is 6.19. The molecule has 0 saturated carbocycles. The Balaban J connectivity index is 2.74. The second-order valence-corrected chi connectivity index (χ2v) is 6.30. The Bertz CT molecular complexity index is 646. The molecule has 4 N–H and O–H groups in total. The van der Waals surface area contributed by atoms with E-state index in [1.54, 1.807) is 20.8 Å². The van der Waals surface area contributed by atoms with Crippen molar-refractivity contribution in [3.63, 3.8) is 0 Å². The number of hydrogen-bond donors (Lipinski definition) is 3. The number of aliphatic imine (C=N–C) groups is 1. The Kier molecular flexibility index (Phi) is 7.65. The number of amides is 1. The molecule has 1 aromatic rings. The lowest BCUT2D eigenvalue weighted by atomic mass is 10.0. The molecule has 25 heavy (non-hydrogen) atoms. The molecule has 7 heteroatoms. The van der Waals surface area contributed by atoms with E-state index in [4.69, 9.17) is 10.5 Å². The Morgan fingerprint density at radius 2 is 1.92 bits per heavy atom. The summed E-state index contributed by atoms with van der Waals surface area (Å²) in [6, 6.07) is 9.37. The van der Waals surface area contributed by atoms with Crippen LogP contribution in [0.25, 0.3) is 0 Å². The normalized spacial score (nSPS) is 12.6. The zero-order valence-electron chi connectivity index (χ0n) is 14.8. The van der Waals surface area contributed by atoms with Gasteiger partial charge in [0, 0.05) is 19.2 Å². The maximum Gasteiger partial charge on any atom is 0.407 e. The molecule has 0 spiro atoms. The van der Waals surface area contributed by atoms with E-state index >= 15 is 0 Å². The largest absolute Gasteiger partial charge is 0.478 e. The molecule has 0 aliphatic rings. The number of alkyl carbamates (subject to hydrolysis) is 1. The zero-order chi connectivity index (χ0) is 18.9. The Labute approximate surface area is 147 Å². The zero-order valence-corrected chi connectivity index (χ0v) is 14.8. The summed E-state index contributed by atoms with van der Waals surface area (Å²) >= 11 is 0. The summed E-state index contributed by atoms with van der Waals surface area (Å²) in [5, 5.41) is 11.9. The number of rotatable bonds is 7. The first-order valence-corrected chi connectivity index (χ1v) is 7.92. The summed E-state index contributed by atoms with van der Waals surface area (Å²) in [5.41, 5.74) is 6.08. The maximum absolute atomic E-state index is 11.6. The maximum atomic E-state index is 11.6. The number of hydrogen-bond acceptors (Lipinski definition) is 5. The first-order chi connectivity index (χ1) is 11.7. The monoisotopic (exact) mass is 347 g/mol. The van der Waals surface area contributed by atoms with E-state index in [1.165, 1.54) is 0 Å². The molecule has 0 heterocycles. The van der Waals surface area contributed by atoms with Crippen LogP contribution in [0.3, 0.4) is 0 Å². The summed E-state index contributed by atoms with van der Waals surface area (Å²) < 4.78 is 5.12. The van der Waals surface area contributed by atoms with Crippen LogP contribution in [-0.2, 0) is 16.0 Å². The van der Waals surface area contributed by atoms with Gasteiger partial charge in [0.25, 0.3) is 0 Å². The fourth-order valence-corrected chi connectivity index (χ4v) is 1.98. The van der Waals surface area contributed by atoms with Crippen molar-refractivity contribution in [2.45, 2.75) is 32.8 Å². The molecule has 1 aromatic carbocycles. The van der Waals surface area contributed by atoms with Crippen LogP contribution < -0.4 is 11.1 Å². The van der Waals surface area contributed by atoms with Crippen molar-refractivity contribution >= 4 is 17.8 Å². The summed E-state index contributed by atoms with van der Waals surface area (Å²) in [5.74, 6) is -1.14. The number of benzene rings is 1. The van der Waals surface area contributed by atoms with Crippen LogP contribution in [0.1, 0.15) is 26.3 Å². The Morgan fingerprint density at radius 1 is 1.28 bits per heavy atom. The smallest absolute Gasteiger partial charge is 0.407 e. The highest BCUT2D eigenvalue weighted by Gasteiger charge is 2.16. The second-order valence-electron chi connectivity index (χ2n) is 6.30. The number of carbonyl (C=O) groups is 2. The number of carboxylic acid groups (broad SMARTS) is 1. The predicted molar refractivity (Wildman–Crippen MR) is 96.6 cm³/mol. The number of ether oxygens (including phenoxy) is 1. The first kappa shape index (κ1) is 20.2. The van der Waals surface area contributed by atoms with E-state index in [9.17, 15) is 14.7 Å². The molecule has 0 aliphatic heterocycles. The molecule has 1 rings (SSSR count). The van der Waals surface area contributed by atoms with Gasteiger partial charge in [0.2, 0.25) is 0 Å². The van der Waals surface area contributed by atoms with Crippen molar-refractivity contribution in [2.24, 2.45) is 10.7 Å². The van der Waals surface area contributed by atoms with Crippen molar-refractivity contribution < 1.29 is 19.4 Å². The van der Waals surface area contributed by atoms with Gasteiger partial charge in [-0.25, -0.2) is 9.59 Å². The van der Waals surface area contributed by atoms with Crippen molar-refractivity contribution in [3.8, 4) is 0 Å². The average molecular weight is 347 g/mol. The second kappa shape index (κ2) is 9.46. The quantitative estimate of drug-likeness (QED) is 0.397. The standard InChI is InChI=1S/C18H25N3O4/c1-18(2,3)25-17(24)21-10-9-20-15(14(12-19)16(22)23)11-13-7-5-4-6-8-13/h4-8,12H,9-11,19H2,1-3H3,(H,21,24)(H,22,23). The van der Waals surface area contributed by atoms with Gasteiger partial charge in [0.05, 0.1) is 17.8 Å². The molecule has 136 valence electrons. The molecule has 0 unspecified atom stereocenters. The summed E-state index contributed by atoms with van der Waals surface area (Å²) in [4.78, 5) is 27.2. The molecule has 0 aliphatic carbocycles. The van der Waals surface area contributed by atoms with Crippen molar-refractivity contribution in [1.82, 2.24) is 5.32 Å².